The summed E-state index contributed by atoms with van der Waals surface area (Å²) in [7, 11) is 13.8. The number of halogens is 3. The Balaban J connectivity index is 0.000000614. The van der Waals surface area contributed by atoms with Crippen molar-refractivity contribution < 1.29 is 31.4 Å². The van der Waals surface area contributed by atoms with Crippen molar-refractivity contribution in [2.24, 2.45) is 0 Å². The standard InChI is InChI=1S/C13H11F2N2.C4H10NO.ClH.Ir/c1-17(2)10-5-6-16-13(8-10)11-4-3-9(14)7-12(11)15;1-5(2)4-6-3;;/h3,5-8H,1-2H3;4H,1-3H3;1H;/q2*-1;;+3/p-1. The predicted molar refractivity (Wildman–Crippen MR) is 93.6 cm³/mol. The van der Waals surface area contributed by atoms with Gasteiger partial charge in [-0.3, -0.25) is 8.78 Å². The van der Waals surface area contributed by atoms with E-state index in [0.717, 1.165) is 17.8 Å². The molecule has 25 heavy (non-hydrogen) atoms. The van der Waals surface area contributed by atoms with Crippen LogP contribution in [0.1, 0.15) is 0 Å². The Labute approximate surface area is 162 Å². The van der Waals surface area contributed by atoms with E-state index in [2.05, 4.69) is 25.4 Å². The number of aromatic nitrogens is 1. The molecule has 0 spiro atoms. The van der Waals surface area contributed by atoms with E-state index in [1.807, 2.05) is 44.1 Å². The second kappa shape index (κ2) is 13.1. The van der Waals surface area contributed by atoms with Gasteiger partial charge in [-0.1, -0.05) is 17.7 Å². The van der Waals surface area contributed by atoms with E-state index in [1.54, 1.807) is 26.1 Å². The number of anilines is 1. The van der Waals surface area contributed by atoms with Crippen LogP contribution >= 0.6 is 9.58 Å². The second-order valence-electron chi connectivity index (χ2n) is 5.14. The Morgan fingerprint density at radius 2 is 1.84 bits per heavy atom. The third kappa shape index (κ3) is 9.23. The molecule has 0 saturated carbocycles. The molecular weight excluding hydrogens is 528 g/mol. The van der Waals surface area contributed by atoms with Gasteiger partial charge >= 0.3 is 27.5 Å². The summed E-state index contributed by atoms with van der Waals surface area (Å²) in [6.07, 6.45) is 1.58. The van der Waals surface area contributed by atoms with Gasteiger partial charge in [0.05, 0.1) is 0 Å². The summed E-state index contributed by atoms with van der Waals surface area (Å²) in [5.74, 6) is -1.30. The van der Waals surface area contributed by atoms with E-state index >= 15 is 0 Å². The SMILES string of the molecule is CN(C)c1ccnc(-c2[c-]cc(F)cc2F)c1.CO[CH-]N(C)C.[Cl][Ir+2]. The topological polar surface area (TPSA) is 28.6 Å². The number of nitrogens with zero attached hydrogens (tertiary/aromatic N) is 3. The van der Waals surface area contributed by atoms with E-state index < -0.39 is 11.6 Å². The molecule has 140 valence electrons. The molecule has 0 saturated heterocycles. The first-order valence-electron chi connectivity index (χ1n) is 7.00. The number of pyridine rings is 1. The summed E-state index contributed by atoms with van der Waals surface area (Å²) in [4.78, 5) is 7.78. The molecule has 1 heterocycles. The molecule has 1 aromatic heterocycles. The Morgan fingerprint density at radius 3 is 2.28 bits per heavy atom. The average Bonchev–Trinajstić information content (AvgIpc) is 2.57. The fourth-order valence-electron chi connectivity index (χ4n) is 1.69. The van der Waals surface area contributed by atoms with Crippen LogP contribution in [0.15, 0.2) is 30.5 Å². The van der Waals surface area contributed by atoms with E-state index in [-0.39, 0.29) is 5.56 Å². The van der Waals surface area contributed by atoms with Crippen molar-refractivity contribution >= 4 is 15.3 Å². The molecule has 0 aliphatic rings. The molecule has 2 aromatic rings. The summed E-state index contributed by atoms with van der Waals surface area (Å²) < 4.78 is 30.9. The van der Waals surface area contributed by atoms with Crippen molar-refractivity contribution in [2.75, 3.05) is 40.2 Å². The van der Waals surface area contributed by atoms with Gasteiger partial charge in [-0.25, -0.2) is 0 Å². The van der Waals surface area contributed by atoms with Crippen molar-refractivity contribution in [3.63, 3.8) is 0 Å². The average molecular weight is 549 g/mol. The summed E-state index contributed by atoms with van der Waals surface area (Å²) in [6, 6.07) is 8.02. The monoisotopic (exact) mass is 549 g/mol. The minimum absolute atomic E-state index is 0.176. The van der Waals surface area contributed by atoms with Gasteiger partial charge < -0.3 is 19.5 Å². The summed E-state index contributed by atoms with van der Waals surface area (Å²) >= 11 is 1.47. The third-order valence-electron chi connectivity index (χ3n) is 2.69. The zero-order chi connectivity index (χ0) is 19.4. The van der Waals surface area contributed by atoms with Gasteiger partial charge in [0.15, 0.2) is 0 Å². The molecule has 2 rings (SSSR count). The maximum absolute atomic E-state index is 13.5. The number of benzene rings is 1. The van der Waals surface area contributed by atoms with Gasteiger partial charge in [0.25, 0.3) is 0 Å². The molecule has 0 amide bonds. The van der Waals surface area contributed by atoms with Crippen LogP contribution in [-0.4, -0.2) is 45.2 Å². The molecule has 0 radical (unpaired) electrons. The maximum atomic E-state index is 13.5. The fraction of sp³-hybridized carbons (Fsp3) is 0.294. The Morgan fingerprint density at radius 1 is 1.20 bits per heavy atom. The zero-order valence-corrected chi connectivity index (χ0v) is 17.8. The van der Waals surface area contributed by atoms with Crippen molar-refractivity contribution in [2.45, 2.75) is 0 Å². The van der Waals surface area contributed by atoms with E-state index in [4.69, 9.17) is 0 Å². The van der Waals surface area contributed by atoms with Crippen LogP contribution in [-0.2, 0) is 22.6 Å². The van der Waals surface area contributed by atoms with Gasteiger partial charge in [-0.05, 0) is 25.9 Å². The number of hydrogen-bond acceptors (Lipinski definition) is 4. The first-order valence-corrected chi connectivity index (χ1v) is 9.97. The Bertz CT molecular complexity index is 631. The molecule has 0 N–H and O–H groups in total. The molecule has 0 aliphatic carbocycles. The van der Waals surface area contributed by atoms with Gasteiger partial charge in [0, 0.05) is 44.7 Å². The zero-order valence-electron chi connectivity index (χ0n) is 14.7. The number of methoxy groups -OCH3 is 1. The molecule has 4 nitrogen and oxygen atoms in total. The minimum atomic E-state index is -0.659. The normalized spacial score (nSPS) is 9.68. The number of rotatable bonds is 4. The molecule has 0 atom stereocenters. The van der Waals surface area contributed by atoms with Crippen LogP contribution in [0, 0.1) is 24.4 Å². The summed E-state index contributed by atoms with van der Waals surface area (Å²) in [5.41, 5.74) is 1.51. The first-order chi connectivity index (χ1) is 11.8. The van der Waals surface area contributed by atoms with Crippen molar-refractivity contribution in [1.29, 1.82) is 0 Å². The van der Waals surface area contributed by atoms with Crippen LogP contribution in [0.4, 0.5) is 14.5 Å². The van der Waals surface area contributed by atoms with Crippen molar-refractivity contribution in [1.82, 2.24) is 9.88 Å². The molecule has 0 unspecified atom stereocenters. The van der Waals surface area contributed by atoms with Crippen LogP contribution in [0.3, 0.4) is 0 Å². The third-order valence-corrected chi connectivity index (χ3v) is 2.69. The number of hydrogen-bond donors (Lipinski definition) is 0. The van der Waals surface area contributed by atoms with Crippen LogP contribution in [0.5, 0.6) is 0 Å². The quantitative estimate of drug-likeness (QED) is 0.542. The molecule has 0 aliphatic heterocycles. The van der Waals surface area contributed by atoms with Gasteiger partial charge in [0.2, 0.25) is 0 Å². The van der Waals surface area contributed by atoms with Crippen molar-refractivity contribution in [3.8, 4) is 11.3 Å². The van der Waals surface area contributed by atoms with Crippen molar-refractivity contribution in [3.05, 3.63) is 54.9 Å². The molecule has 0 fully saturated rings. The van der Waals surface area contributed by atoms with Gasteiger partial charge in [-0.2, -0.15) is 6.73 Å². The summed E-state index contributed by atoms with van der Waals surface area (Å²) in [5, 5.41) is 0. The molecule has 1 aromatic carbocycles. The molecule has 0 bridgehead atoms. The van der Waals surface area contributed by atoms with E-state index in [0.29, 0.717) is 5.69 Å². The first kappa shape index (κ1) is 23.9. The molecular formula is C17H21ClF2IrN3O. The van der Waals surface area contributed by atoms with Crippen LogP contribution in [0.25, 0.3) is 11.3 Å². The predicted octanol–water partition coefficient (Wildman–Crippen LogP) is 3.89. The van der Waals surface area contributed by atoms with E-state index in [9.17, 15) is 8.78 Å². The fourth-order valence-corrected chi connectivity index (χ4v) is 1.69. The second-order valence-corrected chi connectivity index (χ2v) is 5.14. The van der Waals surface area contributed by atoms with Crippen LogP contribution < -0.4 is 4.90 Å². The number of ether oxygens (including phenoxy) is 1. The van der Waals surface area contributed by atoms with Crippen LogP contribution in [0.2, 0.25) is 0 Å². The summed E-state index contributed by atoms with van der Waals surface area (Å²) in [6.45, 7) is 1.62. The van der Waals surface area contributed by atoms with Gasteiger partial charge in [0.1, 0.15) is 0 Å². The Hall–Kier alpha value is -1.11. The molecule has 8 heteroatoms. The van der Waals surface area contributed by atoms with E-state index in [1.165, 1.54) is 17.9 Å². The van der Waals surface area contributed by atoms with Gasteiger partial charge in [-0.15, -0.1) is 12.1 Å². The Kier molecular flexibility index (Phi) is 12.6.